The van der Waals surface area contributed by atoms with Crippen molar-refractivity contribution in [1.82, 2.24) is 0 Å². The first-order valence-electron chi connectivity index (χ1n) is 20.3. The summed E-state index contributed by atoms with van der Waals surface area (Å²) in [5.74, 6) is -5.48. The molecule has 2 aliphatic rings. The van der Waals surface area contributed by atoms with E-state index in [1.165, 1.54) is 72.8 Å². The largest absolute Gasteiger partial charge is 0.459 e. The number of hydrogen-bond acceptors (Lipinski definition) is 15. The molecule has 0 bridgehead atoms. The van der Waals surface area contributed by atoms with Crippen molar-refractivity contribution in [2.75, 3.05) is 6.61 Å². The van der Waals surface area contributed by atoms with Crippen LogP contribution in [0.1, 0.15) is 69.8 Å². The van der Waals surface area contributed by atoms with Gasteiger partial charge in [-0.25, -0.2) is 24.0 Å². The van der Waals surface area contributed by atoms with Crippen LogP contribution >= 0.6 is 0 Å². The van der Waals surface area contributed by atoms with Gasteiger partial charge in [0, 0.05) is 17.7 Å². The van der Waals surface area contributed by atoms with Crippen LogP contribution in [0.3, 0.4) is 0 Å². The van der Waals surface area contributed by atoms with E-state index in [-0.39, 0.29) is 57.1 Å². The summed E-state index contributed by atoms with van der Waals surface area (Å²) in [6.45, 7) is -0.625. The van der Waals surface area contributed by atoms with Gasteiger partial charge in [0.25, 0.3) is 0 Å². The van der Waals surface area contributed by atoms with Crippen LogP contribution < -0.4 is 19.9 Å². The van der Waals surface area contributed by atoms with Crippen LogP contribution in [0.5, 0.6) is 17.2 Å². The van der Waals surface area contributed by atoms with Crippen molar-refractivity contribution < 1.29 is 66.7 Å². The summed E-state index contributed by atoms with van der Waals surface area (Å²) in [6.07, 6.45) is -8.72. The van der Waals surface area contributed by atoms with Gasteiger partial charge in [0.2, 0.25) is 12.4 Å². The Labute approximate surface area is 371 Å². The van der Waals surface area contributed by atoms with E-state index in [1.807, 2.05) is 0 Å². The summed E-state index contributed by atoms with van der Waals surface area (Å²) in [4.78, 5) is 81.5. The van der Waals surface area contributed by atoms with E-state index in [2.05, 4.69) is 0 Å². The Kier molecular flexibility index (Phi) is 13.3. The Morgan fingerprint density at radius 3 is 1.45 bits per heavy atom. The summed E-state index contributed by atoms with van der Waals surface area (Å²) in [6, 6.07) is 41.4. The lowest BCUT2D eigenvalue weighted by Crippen LogP contribution is -2.64. The van der Waals surface area contributed by atoms with Gasteiger partial charge in [-0.05, 0) is 66.7 Å². The monoisotopic (exact) mass is 877 g/mol. The van der Waals surface area contributed by atoms with Gasteiger partial charge >= 0.3 is 35.8 Å². The first-order valence-corrected chi connectivity index (χ1v) is 20.3. The third-order valence-corrected chi connectivity index (χ3v) is 10.3. The van der Waals surface area contributed by atoms with E-state index in [9.17, 15) is 28.8 Å². The van der Waals surface area contributed by atoms with Crippen LogP contribution in [0.25, 0.3) is 0 Å². The van der Waals surface area contributed by atoms with Crippen LogP contribution in [0.4, 0.5) is 0 Å². The molecule has 328 valence electrons. The molecule has 0 aromatic heterocycles. The van der Waals surface area contributed by atoms with E-state index in [4.69, 9.17) is 43.6 Å². The molecular weight excluding hydrogens is 839 g/mol. The predicted molar refractivity (Wildman–Crippen MR) is 228 cm³/mol. The first kappa shape index (κ1) is 43.5. The van der Waals surface area contributed by atoms with Gasteiger partial charge in [-0.2, -0.15) is 0 Å². The number of carbonyl (C=O) groups is 6. The molecule has 1 saturated heterocycles. The molecule has 0 saturated carbocycles. The predicted octanol–water partition coefficient (Wildman–Crippen LogP) is 6.85. The molecule has 6 unspecified atom stereocenters. The fourth-order valence-electron chi connectivity index (χ4n) is 7.04. The van der Waals surface area contributed by atoms with Crippen molar-refractivity contribution in [3.8, 4) is 17.2 Å². The van der Waals surface area contributed by atoms with E-state index in [0.29, 0.717) is 0 Å². The van der Waals surface area contributed by atoms with Gasteiger partial charge in [0.05, 0.1) is 34.2 Å². The van der Waals surface area contributed by atoms with Crippen LogP contribution in [-0.2, 0) is 28.5 Å². The molecule has 0 spiro atoms. The maximum absolute atomic E-state index is 14.1. The van der Waals surface area contributed by atoms with E-state index >= 15 is 0 Å². The number of benzene rings is 6. The second kappa shape index (κ2) is 19.9. The molecule has 2 aliphatic heterocycles. The number of carbonyl (C=O) groups excluding carboxylic acids is 6. The molecule has 6 aromatic carbocycles. The quantitative estimate of drug-likeness (QED) is 0.0716. The van der Waals surface area contributed by atoms with Crippen LogP contribution in [0.2, 0.25) is 0 Å². The normalized spacial score (nSPS) is 19.9. The van der Waals surface area contributed by atoms with Crippen molar-refractivity contribution in [3.05, 3.63) is 197 Å². The molecule has 1 fully saturated rings. The molecule has 2 heterocycles. The molecule has 0 radical (unpaired) electrons. The minimum atomic E-state index is -1.82. The van der Waals surface area contributed by atoms with Gasteiger partial charge in [-0.15, -0.1) is 0 Å². The molecule has 15 heteroatoms. The van der Waals surface area contributed by atoms with Crippen molar-refractivity contribution in [2.24, 2.45) is 5.73 Å². The summed E-state index contributed by atoms with van der Waals surface area (Å²) in [5.41, 5.74) is 7.29. The minimum Gasteiger partial charge on any atom is -0.459 e. The summed E-state index contributed by atoms with van der Waals surface area (Å²) in [5, 5.41) is 0. The summed E-state index contributed by atoms with van der Waals surface area (Å²) >= 11 is 0. The molecular formula is C50H39NO14. The molecule has 6 aromatic rings. The lowest BCUT2D eigenvalue weighted by Gasteiger charge is -2.44. The zero-order valence-electron chi connectivity index (χ0n) is 34.3. The smallest absolute Gasteiger partial charge is 0.343 e. The third-order valence-electron chi connectivity index (χ3n) is 10.3. The number of nitrogens with two attached hydrogens (primary N) is 1. The fraction of sp³-hybridized carbons (Fsp3) is 0.160. The van der Waals surface area contributed by atoms with E-state index in [0.717, 1.165) is 0 Å². The first-order chi connectivity index (χ1) is 31.6. The maximum Gasteiger partial charge on any atom is 0.343 e. The fourth-order valence-corrected chi connectivity index (χ4v) is 7.04. The SMILES string of the molecule is NC1CC(=O)Oc2cc(OC(=O)c3ccccc3)c(OC3OC(COC(=O)c4ccccc4)C(OC(=O)c4ccccc4)C(OC(=O)c4ccccc4)C3OC(=O)c3ccccc3)cc21. The molecule has 0 amide bonds. The number of ether oxygens (including phenoxy) is 8. The Morgan fingerprint density at radius 1 is 0.523 bits per heavy atom. The van der Waals surface area contributed by atoms with Crippen molar-refractivity contribution in [2.45, 2.75) is 43.2 Å². The summed E-state index contributed by atoms with van der Waals surface area (Å²) < 4.78 is 48.5. The highest BCUT2D eigenvalue weighted by Gasteiger charge is 2.54. The molecule has 0 aliphatic carbocycles. The van der Waals surface area contributed by atoms with Crippen LogP contribution in [0, 0.1) is 0 Å². The highest BCUT2D eigenvalue weighted by Crippen LogP contribution is 2.43. The minimum absolute atomic E-state index is 0.0122. The second-order valence-corrected chi connectivity index (χ2v) is 14.7. The Hall–Kier alpha value is -8.14. The van der Waals surface area contributed by atoms with Crippen molar-refractivity contribution in [3.63, 3.8) is 0 Å². The van der Waals surface area contributed by atoms with Crippen molar-refractivity contribution in [1.29, 1.82) is 0 Å². The van der Waals surface area contributed by atoms with E-state index < -0.39 is 79.2 Å². The zero-order chi connectivity index (χ0) is 45.3. The Balaban J connectivity index is 1.25. The van der Waals surface area contributed by atoms with Crippen molar-refractivity contribution >= 4 is 35.8 Å². The Morgan fingerprint density at radius 2 is 0.954 bits per heavy atom. The van der Waals surface area contributed by atoms with Gasteiger partial charge in [0.1, 0.15) is 18.5 Å². The summed E-state index contributed by atoms with van der Waals surface area (Å²) in [7, 11) is 0. The van der Waals surface area contributed by atoms with Crippen LogP contribution in [0.15, 0.2) is 164 Å². The maximum atomic E-state index is 14.1. The number of rotatable bonds is 13. The van der Waals surface area contributed by atoms with Gasteiger partial charge < -0.3 is 43.6 Å². The molecule has 65 heavy (non-hydrogen) atoms. The van der Waals surface area contributed by atoms with Gasteiger partial charge in [-0.1, -0.05) is 91.0 Å². The highest BCUT2D eigenvalue weighted by molar-refractivity contribution is 5.93. The molecule has 8 rings (SSSR count). The number of fused-ring (bicyclic) bond motifs is 1. The Bertz CT molecular complexity index is 2660. The average Bonchev–Trinajstić information content (AvgIpc) is 3.34. The second-order valence-electron chi connectivity index (χ2n) is 14.7. The molecule has 6 atom stereocenters. The topological polar surface area (TPSA) is 202 Å². The van der Waals surface area contributed by atoms with Gasteiger partial charge in [0.15, 0.2) is 23.7 Å². The third kappa shape index (κ3) is 10.4. The standard InChI is InChI=1S/C50H39NO14/c51-36-27-41(52)59-37-28-39(60-46(54)31-18-8-2-9-19-31)38(26-35(36)37)61-50-44(65-49(57)34-24-14-5-15-25-34)43(64-48(56)33-22-12-4-13-23-33)42(63-47(55)32-20-10-3-11-21-32)40(62-50)29-58-45(53)30-16-6-1-7-17-30/h1-26,28,36,40,42-44,50H,27,29,51H2. The lowest BCUT2D eigenvalue weighted by molar-refractivity contribution is -0.275. The molecule has 15 nitrogen and oxygen atoms in total. The van der Waals surface area contributed by atoms with E-state index in [1.54, 1.807) is 91.0 Å². The lowest BCUT2D eigenvalue weighted by atomic mass is 9.97. The van der Waals surface area contributed by atoms with Crippen LogP contribution in [-0.4, -0.2) is 73.1 Å². The number of esters is 6. The average molecular weight is 878 g/mol. The van der Waals surface area contributed by atoms with Gasteiger partial charge in [-0.3, -0.25) is 4.79 Å². The zero-order valence-corrected chi connectivity index (χ0v) is 34.3. The number of hydrogen-bond donors (Lipinski definition) is 1. The highest BCUT2D eigenvalue weighted by atomic mass is 16.7. The molecule has 2 N–H and O–H groups in total.